The Bertz CT molecular complexity index is 284. The number of aryl methyl sites for hydroxylation is 1. The molecule has 0 aliphatic carbocycles. The topological polar surface area (TPSA) is 24.9 Å². The minimum Gasteiger partial charge on any atom is -0.312 e. The highest BCUT2D eigenvalue weighted by Crippen LogP contribution is 2.22. The molecule has 0 amide bonds. The molecular weight excluding hydrogens is 224 g/mol. The highest BCUT2D eigenvalue weighted by Gasteiger charge is 2.08. The summed E-state index contributed by atoms with van der Waals surface area (Å²) >= 11 is 3.71. The first-order chi connectivity index (χ1) is 7.31. The van der Waals surface area contributed by atoms with Crippen LogP contribution in [0.2, 0.25) is 0 Å². The van der Waals surface area contributed by atoms with Crippen molar-refractivity contribution in [2.75, 3.05) is 12.8 Å². The van der Waals surface area contributed by atoms with E-state index in [9.17, 15) is 0 Å². The predicted molar refractivity (Wildman–Crippen MR) is 70.7 cm³/mol. The molecule has 86 valence electrons. The maximum Gasteiger partial charge on any atom is 0.103 e. The molecule has 0 aliphatic heterocycles. The van der Waals surface area contributed by atoms with E-state index in [0.29, 0.717) is 0 Å². The Labute approximate surface area is 101 Å². The van der Waals surface area contributed by atoms with Gasteiger partial charge in [-0.05, 0) is 25.6 Å². The van der Waals surface area contributed by atoms with Crippen molar-refractivity contribution in [1.29, 1.82) is 0 Å². The molecule has 0 unspecified atom stereocenters. The molecule has 4 heteroatoms. The summed E-state index contributed by atoms with van der Waals surface area (Å²) in [7, 11) is 0. The van der Waals surface area contributed by atoms with Crippen molar-refractivity contribution in [3.05, 3.63) is 15.6 Å². The van der Waals surface area contributed by atoms with Crippen molar-refractivity contribution < 1.29 is 0 Å². The minimum atomic E-state index is 0.989. The number of rotatable bonds is 7. The quantitative estimate of drug-likeness (QED) is 0.746. The van der Waals surface area contributed by atoms with E-state index in [1.165, 1.54) is 22.0 Å². The molecule has 0 aromatic carbocycles. The lowest BCUT2D eigenvalue weighted by Crippen LogP contribution is -2.13. The SMILES string of the molecule is CCCNCc1sc(CSC)nc1CC. The fourth-order valence-electron chi connectivity index (χ4n) is 1.42. The van der Waals surface area contributed by atoms with Crippen LogP contribution in [-0.2, 0) is 18.7 Å². The number of thioether (sulfide) groups is 1. The highest BCUT2D eigenvalue weighted by atomic mass is 32.2. The third kappa shape index (κ3) is 4.13. The van der Waals surface area contributed by atoms with Gasteiger partial charge >= 0.3 is 0 Å². The molecule has 1 aromatic heterocycles. The van der Waals surface area contributed by atoms with Gasteiger partial charge < -0.3 is 5.32 Å². The average molecular weight is 244 g/mol. The fraction of sp³-hybridized carbons (Fsp3) is 0.727. The maximum absolute atomic E-state index is 4.65. The molecule has 1 aromatic rings. The molecule has 0 aliphatic rings. The summed E-state index contributed by atoms with van der Waals surface area (Å²) in [5.74, 6) is 1.05. The van der Waals surface area contributed by atoms with Gasteiger partial charge in [-0.15, -0.1) is 11.3 Å². The lowest BCUT2D eigenvalue weighted by molar-refractivity contribution is 0.676. The molecule has 0 saturated carbocycles. The van der Waals surface area contributed by atoms with Crippen LogP contribution in [-0.4, -0.2) is 17.8 Å². The van der Waals surface area contributed by atoms with Gasteiger partial charge in [-0.25, -0.2) is 4.98 Å². The monoisotopic (exact) mass is 244 g/mol. The Kier molecular flexibility index (Phi) is 6.29. The van der Waals surface area contributed by atoms with Crippen LogP contribution >= 0.6 is 23.1 Å². The minimum absolute atomic E-state index is 0.989. The van der Waals surface area contributed by atoms with E-state index in [1.54, 1.807) is 0 Å². The number of nitrogens with zero attached hydrogens (tertiary/aromatic N) is 1. The van der Waals surface area contributed by atoms with Crippen molar-refractivity contribution in [2.45, 2.75) is 39.0 Å². The van der Waals surface area contributed by atoms with Gasteiger partial charge in [0, 0.05) is 17.2 Å². The second-order valence-electron chi connectivity index (χ2n) is 3.44. The standard InChI is InChI=1S/C11H20N2S2/c1-4-6-12-7-10-9(5-2)13-11(15-10)8-14-3/h12H,4-8H2,1-3H3. The number of hydrogen-bond acceptors (Lipinski definition) is 4. The number of hydrogen-bond donors (Lipinski definition) is 1. The largest absolute Gasteiger partial charge is 0.312 e. The Hall–Kier alpha value is -0.0600. The Morgan fingerprint density at radius 3 is 2.80 bits per heavy atom. The van der Waals surface area contributed by atoms with E-state index in [-0.39, 0.29) is 0 Å². The van der Waals surface area contributed by atoms with Crippen molar-refractivity contribution in [2.24, 2.45) is 0 Å². The van der Waals surface area contributed by atoms with Crippen LogP contribution in [0.3, 0.4) is 0 Å². The van der Waals surface area contributed by atoms with Crippen LogP contribution in [0, 0.1) is 0 Å². The lowest BCUT2D eigenvalue weighted by atomic mass is 10.3. The first-order valence-corrected chi connectivity index (χ1v) is 7.69. The number of nitrogens with one attached hydrogen (secondary N) is 1. The zero-order valence-corrected chi connectivity index (χ0v) is 11.4. The van der Waals surface area contributed by atoms with Crippen molar-refractivity contribution in [3.63, 3.8) is 0 Å². The zero-order valence-electron chi connectivity index (χ0n) is 9.80. The molecule has 2 nitrogen and oxygen atoms in total. The smallest absolute Gasteiger partial charge is 0.103 e. The van der Waals surface area contributed by atoms with Gasteiger partial charge in [-0.3, -0.25) is 0 Å². The molecule has 1 N–H and O–H groups in total. The fourth-order valence-corrected chi connectivity index (χ4v) is 3.24. The molecule has 0 bridgehead atoms. The van der Waals surface area contributed by atoms with Crippen LogP contribution in [0.25, 0.3) is 0 Å². The lowest BCUT2D eigenvalue weighted by Gasteiger charge is -2.01. The van der Waals surface area contributed by atoms with E-state index < -0.39 is 0 Å². The summed E-state index contributed by atoms with van der Waals surface area (Å²) in [5.41, 5.74) is 1.28. The zero-order chi connectivity index (χ0) is 11.1. The summed E-state index contributed by atoms with van der Waals surface area (Å²) in [6, 6.07) is 0. The molecule has 0 spiro atoms. The summed E-state index contributed by atoms with van der Waals surface area (Å²) in [6.07, 6.45) is 4.37. The van der Waals surface area contributed by atoms with Gasteiger partial charge in [0.2, 0.25) is 0 Å². The number of thiazole rings is 1. The molecule has 0 atom stereocenters. The van der Waals surface area contributed by atoms with E-state index in [0.717, 1.165) is 25.3 Å². The van der Waals surface area contributed by atoms with Crippen LogP contribution in [0.15, 0.2) is 0 Å². The van der Waals surface area contributed by atoms with Gasteiger partial charge in [0.1, 0.15) is 5.01 Å². The van der Waals surface area contributed by atoms with Gasteiger partial charge in [-0.2, -0.15) is 11.8 Å². The van der Waals surface area contributed by atoms with Crippen molar-refractivity contribution in [1.82, 2.24) is 10.3 Å². The van der Waals surface area contributed by atoms with Crippen molar-refractivity contribution in [3.8, 4) is 0 Å². The summed E-state index contributed by atoms with van der Waals surface area (Å²) in [6.45, 7) is 6.46. The van der Waals surface area contributed by atoms with Crippen LogP contribution < -0.4 is 5.32 Å². The average Bonchev–Trinajstić information content (AvgIpc) is 2.62. The van der Waals surface area contributed by atoms with E-state index >= 15 is 0 Å². The van der Waals surface area contributed by atoms with E-state index in [1.807, 2.05) is 23.1 Å². The van der Waals surface area contributed by atoms with E-state index in [2.05, 4.69) is 30.4 Å². The predicted octanol–water partition coefficient (Wildman–Crippen LogP) is 3.07. The molecule has 1 heterocycles. The van der Waals surface area contributed by atoms with Gasteiger partial charge in [0.15, 0.2) is 0 Å². The van der Waals surface area contributed by atoms with Gasteiger partial charge in [0.05, 0.1) is 5.69 Å². The molecule has 1 rings (SSSR count). The Morgan fingerprint density at radius 2 is 2.20 bits per heavy atom. The molecular formula is C11H20N2S2. The second-order valence-corrected chi connectivity index (χ2v) is 5.48. The molecule has 0 fully saturated rings. The number of aromatic nitrogens is 1. The molecule has 0 saturated heterocycles. The second kappa shape index (κ2) is 7.25. The highest BCUT2D eigenvalue weighted by molar-refractivity contribution is 7.97. The van der Waals surface area contributed by atoms with Crippen LogP contribution in [0.4, 0.5) is 0 Å². The normalized spacial score (nSPS) is 10.9. The first-order valence-electron chi connectivity index (χ1n) is 5.48. The molecule has 15 heavy (non-hydrogen) atoms. The first kappa shape index (κ1) is 13.0. The van der Waals surface area contributed by atoms with E-state index in [4.69, 9.17) is 0 Å². The third-order valence-electron chi connectivity index (χ3n) is 2.14. The van der Waals surface area contributed by atoms with Crippen molar-refractivity contribution >= 4 is 23.1 Å². The van der Waals surface area contributed by atoms with Gasteiger partial charge in [-0.1, -0.05) is 13.8 Å². The Morgan fingerprint density at radius 1 is 1.40 bits per heavy atom. The van der Waals surface area contributed by atoms with Gasteiger partial charge in [0.25, 0.3) is 0 Å². The van der Waals surface area contributed by atoms with Crippen LogP contribution in [0.1, 0.15) is 35.8 Å². The molecule has 0 radical (unpaired) electrons. The third-order valence-corrected chi connectivity index (χ3v) is 3.98. The maximum atomic E-state index is 4.65. The van der Waals surface area contributed by atoms with Crippen LogP contribution in [0.5, 0.6) is 0 Å². The summed E-state index contributed by atoms with van der Waals surface area (Å²) in [4.78, 5) is 6.08. The summed E-state index contributed by atoms with van der Waals surface area (Å²) < 4.78 is 0. The Balaban J connectivity index is 2.59. The summed E-state index contributed by atoms with van der Waals surface area (Å²) in [5, 5.41) is 4.72.